The summed E-state index contributed by atoms with van der Waals surface area (Å²) in [4.78, 5) is 31.8. The van der Waals surface area contributed by atoms with E-state index in [0.29, 0.717) is 47.6 Å². The number of carbonyl (C=O) groups excluding carboxylic acids is 2. The Labute approximate surface area is 204 Å². The third kappa shape index (κ3) is 5.30. The van der Waals surface area contributed by atoms with Crippen molar-refractivity contribution in [2.75, 3.05) is 41.3 Å². The second-order valence-electron chi connectivity index (χ2n) is 9.24. The number of hydrogen-bond donors (Lipinski definition) is 2. The summed E-state index contributed by atoms with van der Waals surface area (Å²) >= 11 is 0. The fourth-order valence-electron chi connectivity index (χ4n) is 4.53. The van der Waals surface area contributed by atoms with E-state index in [-0.39, 0.29) is 23.8 Å². The minimum atomic E-state index is -0.424. The highest BCUT2D eigenvalue weighted by atomic mass is 19.1. The van der Waals surface area contributed by atoms with Crippen molar-refractivity contribution in [2.24, 2.45) is 5.92 Å². The maximum Gasteiger partial charge on any atom is 0.251 e. The Morgan fingerprint density at radius 1 is 1.20 bits per heavy atom. The highest BCUT2D eigenvalue weighted by Gasteiger charge is 2.37. The van der Waals surface area contributed by atoms with E-state index in [0.717, 1.165) is 18.5 Å². The van der Waals surface area contributed by atoms with E-state index in [1.807, 2.05) is 30.8 Å². The van der Waals surface area contributed by atoms with E-state index in [9.17, 15) is 14.0 Å². The van der Waals surface area contributed by atoms with Crippen LogP contribution >= 0.6 is 0 Å². The molecule has 1 aliphatic carbocycles. The summed E-state index contributed by atoms with van der Waals surface area (Å²) in [6.45, 7) is 1.47. The molecule has 0 aliphatic heterocycles. The molecule has 1 heterocycles. The van der Waals surface area contributed by atoms with E-state index in [4.69, 9.17) is 9.72 Å². The van der Waals surface area contributed by atoms with Crippen LogP contribution in [-0.2, 0) is 4.79 Å². The van der Waals surface area contributed by atoms with Crippen LogP contribution < -0.4 is 15.4 Å². The van der Waals surface area contributed by atoms with Gasteiger partial charge in [-0.25, -0.2) is 9.37 Å². The number of halogens is 1. The van der Waals surface area contributed by atoms with Crippen molar-refractivity contribution in [2.45, 2.75) is 25.3 Å². The largest absolute Gasteiger partial charge is 0.497 e. The zero-order valence-electron chi connectivity index (χ0n) is 20.6. The van der Waals surface area contributed by atoms with E-state index < -0.39 is 5.82 Å². The number of amides is 2. The molecule has 9 heteroatoms. The predicted molar refractivity (Wildman–Crippen MR) is 133 cm³/mol. The number of imidazole rings is 1. The fraction of sp³-hybridized carbons (Fsp3) is 0.423. The lowest BCUT2D eigenvalue weighted by Gasteiger charge is -2.36. The van der Waals surface area contributed by atoms with Crippen LogP contribution in [0.1, 0.15) is 35.7 Å². The molecule has 0 unspecified atom stereocenters. The molecule has 0 saturated heterocycles. The minimum absolute atomic E-state index is 0.00460. The van der Waals surface area contributed by atoms with E-state index >= 15 is 0 Å². The van der Waals surface area contributed by atoms with Crippen molar-refractivity contribution in [1.82, 2.24) is 25.1 Å². The maximum atomic E-state index is 14.3. The first kappa shape index (κ1) is 24.7. The van der Waals surface area contributed by atoms with Crippen molar-refractivity contribution in [3.8, 4) is 17.1 Å². The van der Waals surface area contributed by atoms with Gasteiger partial charge in [-0.05, 0) is 70.2 Å². The van der Waals surface area contributed by atoms with Crippen LogP contribution in [0.5, 0.6) is 5.75 Å². The van der Waals surface area contributed by atoms with Crippen molar-refractivity contribution in [1.29, 1.82) is 0 Å². The van der Waals surface area contributed by atoms with Crippen LogP contribution in [0, 0.1) is 11.7 Å². The number of nitrogens with zero attached hydrogens (tertiary/aromatic N) is 3. The van der Waals surface area contributed by atoms with Gasteiger partial charge in [0.15, 0.2) is 0 Å². The average Bonchev–Trinajstić information content (AvgIpc) is 3.18. The number of carbonyl (C=O) groups is 2. The molecule has 0 radical (unpaired) electrons. The number of ether oxygens (including phenoxy) is 1. The molecule has 1 aromatic heterocycles. The Hall–Kier alpha value is -3.46. The highest BCUT2D eigenvalue weighted by molar-refractivity contribution is 5.98. The third-order valence-electron chi connectivity index (χ3n) is 6.48. The second-order valence-corrected chi connectivity index (χ2v) is 9.24. The molecule has 0 spiro atoms. The van der Waals surface area contributed by atoms with Crippen LogP contribution in [0.25, 0.3) is 22.4 Å². The summed E-state index contributed by atoms with van der Waals surface area (Å²) in [5, 5.41) is 5.68. The maximum absolute atomic E-state index is 14.3. The van der Waals surface area contributed by atoms with Crippen molar-refractivity contribution in [3.05, 3.63) is 47.8 Å². The lowest BCUT2D eigenvalue weighted by molar-refractivity contribution is -0.128. The van der Waals surface area contributed by atoms with Gasteiger partial charge in [-0.15, -0.1) is 0 Å². The minimum Gasteiger partial charge on any atom is -0.497 e. The van der Waals surface area contributed by atoms with Crippen molar-refractivity contribution < 1.29 is 18.7 Å². The van der Waals surface area contributed by atoms with Crippen LogP contribution in [-0.4, -0.2) is 67.6 Å². The molecule has 35 heavy (non-hydrogen) atoms. The van der Waals surface area contributed by atoms with Gasteiger partial charge < -0.3 is 24.8 Å². The Balaban J connectivity index is 1.70. The SMILES string of the molecule is CNC(=O)C1CC(n2c(-c3cc(F)cc(OC)c3)nc3ccc(C(=O)NCCCN(C)C)cc32)C1. The van der Waals surface area contributed by atoms with Gasteiger partial charge in [0.25, 0.3) is 5.91 Å². The summed E-state index contributed by atoms with van der Waals surface area (Å²) in [6, 6.07) is 9.89. The highest BCUT2D eigenvalue weighted by Crippen LogP contribution is 2.43. The first-order valence-corrected chi connectivity index (χ1v) is 11.8. The molecule has 4 rings (SSSR count). The van der Waals surface area contributed by atoms with Crippen LogP contribution in [0.15, 0.2) is 36.4 Å². The molecule has 1 fully saturated rings. The summed E-state index contributed by atoms with van der Waals surface area (Å²) in [5.41, 5.74) is 2.60. The van der Waals surface area contributed by atoms with Gasteiger partial charge in [0.2, 0.25) is 5.91 Å². The zero-order chi connectivity index (χ0) is 25.1. The molecule has 3 aromatic rings. The standard InChI is InChI=1S/C26H32FN5O3/c1-28-25(33)18-11-20(12-18)32-23-14-16(26(34)29-8-5-9-31(2)3)6-7-22(23)30-24(32)17-10-19(27)15-21(13-17)35-4/h6-7,10,13-15,18,20H,5,8-9,11-12H2,1-4H3,(H,28,33)(H,29,34). The van der Waals surface area contributed by atoms with Gasteiger partial charge in [-0.3, -0.25) is 9.59 Å². The molecule has 8 nitrogen and oxygen atoms in total. The Bertz CT molecular complexity index is 1230. The number of benzene rings is 2. The molecule has 2 amide bonds. The summed E-state index contributed by atoms with van der Waals surface area (Å²) in [5.74, 6) is 0.338. The molecule has 0 bridgehead atoms. The number of methoxy groups -OCH3 is 1. The summed E-state index contributed by atoms with van der Waals surface area (Å²) < 4.78 is 21.6. The lowest BCUT2D eigenvalue weighted by Crippen LogP contribution is -2.38. The van der Waals surface area contributed by atoms with Gasteiger partial charge in [-0.2, -0.15) is 0 Å². The molecular weight excluding hydrogens is 449 g/mol. The molecule has 2 N–H and O–H groups in total. The monoisotopic (exact) mass is 481 g/mol. The molecule has 1 aliphatic rings. The Morgan fingerprint density at radius 2 is 1.97 bits per heavy atom. The third-order valence-corrected chi connectivity index (χ3v) is 6.48. The molecule has 1 saturated carbocycles. The van der Waals surface area contributed by atoms with Gasteiger partial charge in [-0.1, -0.05) is 0 Å². The van der Waals surface area contributed by atoms with E-state index in [1.54, 1.807) is 19.2 Å². The summed E-state index contributed by atoms with van der Waals surface area (Å²) in [6.07, 6.45) is 2.14. The molecule has 2 aromatic carbocycles. The topological polar surface area (TPSA) is 88.5 Å². The van der Waals surface area contributed by atoms with Crippen LogP contribution in [0.2, 0.25) is 0 Å². The lowest BCUT2D eigenvalue weighted by atomic mass is 9.79. The molecule has 186 valence electrons. The zero-order valence-corrected chi connectivity index (χ0v) is 20.6. The average molecular weight is 482 g/mol. The molecule has 0 atom stereocenters. The molecular formula is C26H32FN5O3. The normalized spacial score (nSPS) is 17.3. The van der Waals surface area contributed by atoms with E-state index in [1.165, 1.54) is 19.2 Å². The number of nitrogens with one attached hydrogen (secondary N) is 2. The number of rotatable bonds is 9. The predicted octanol–water partition coefficient (Wildman–Crippen LogP) is 3.23. The summed E-state index contributed by atoms with van der Waals surface area (Å²) in [7, 11) is 7.12. The first-order chi connectivity index (χ1) is 16.8. The quantitative estimate of drug-likeness (QED) is 0.458. The number of aromatic nitrogens is 2. The van der Waals surface area contributed by atoms with E-state index in [2.05, 4.69) is 15.5 Å². The van der Waals surface area contributed by atoms with Crippen molar-refractivity contribution >= 4 is 22.8 Å². The first-order valence-electron chi connectivity index (χ1n) is 11.8. The van der Waals surface area contributed by atoms with Crippen molar-refractivity contribution in [3.63, 3.8) is 0 Å². The van der Waals surface area contributed by atoms with Crippen LogP contribution in [0.3, 0.4) is 0 Å². The smallest absolute Gasteiger partial charge is 0.251 e. The van der Waals surface area contributed by atoms with Gasteiger partial charge >= 0.3 is 0 Å². The number of hydrogen-bond acceptors (Lipinski definition) is 5. The van der Waals surface area contributed by atoms with Gasteiger partial charge in [0.1, 0.15) is 17.4 Å². The van der Waals surface area contributed by atoms with Gasteiger partial charge in [0.05, 0.1) is 18.1 Å². The fourth-order valence-corrected chi connectivity index (χ4v) is 4.53. The Morgan fingerprint density at radius 3 is 2.66 bits per heavy atom. The number of fused-ring (bicyclic) bond motifs is 1. The Kier molecular flexibility index (Phi) is 7.35. The second kappa shape index (κ2) is 10.4. The van der Waals surface area contributed by atoms with Crippen LogP contribution in [0.4, 0.5) is 4.39 Å². The van der Waals surface area contributed by atoms with Gasteiger partial charge in [0, 0.05) is 42.7 Å².